The fraction of sp³-hybridized carbons (Fsp3) is 0.211. The number of aromatic nitrogens is 1. The number of H-pyrrole nitrogens is 1. The minimum atomic E-state index is -0.321. The summed E-state index contributed by atoms with van der Waals surface area (Å²) in [5.41, 5.74) is 2.18. The van der Waals surface area contributed by atoms with Gasteiger partial charge in [-0.3, -0.25) is 4.79 Å². The van der Waals surface area contributed by atoms with E-state index in [4.69, 9.17) is 9.47 Å². The number of aromatic amines is 1. The van der Waals surface area contributed by atoms with E-state index in [0.717, 1.165) is 10.9 Å². The van der Waals surface area contributed by atoms with Crippen LogP contribution in [0.3, 0.4) is 0 Å². The molecule has 1 heterocycles. The molecule has 1 aromatic heterocycles. The van der Waals surface area contributed by atoms with Gasteiger partial charge in [0.15, 0.2) is 0 Å². The fourth-order valence-corrected chi connectivity index (χ4v) is 2.92. The van der Waals surface area contributed by atoms with E-state index in [0.29, 0.717) is 28.1 Å². The lowest BCUT2D eigenvalue weighted by Gasteiger charge is -2.14. The maximum atomic E-state index is 13.9. The van der Waals surface area contributed by atoms with Crippen LogP contribution in [0.4, 0.5) is 4.39 Å². The van der Waals surface area contributed by atoms with Crippen molar-refractivity contribution < 1.29 is 13.9 Å². The maximum Gasteiger partial charge on any atom is 0.252 e. The molecular weight excluding hydrogens is 309 g/mol. The summed E-state index contributed by atoms with van der Waals surface area (Å²) in [4.78, 5) is 15.4. The molecule has 1 N–H and O–H groups in total. The van der Waals surface area contributed by atoms with Gasteiger partial charge in [0, 0.05) is 29.5 Å². The number of hydrogen-bond acceptors (Lipinski definition) is 3. The Hall–Kier alpha value is -2.82. The summed E-state index contributed by atoms with van der Waals surface area (Å²) in [7, 11) is 3.12. The number of rotatable bonds is 4. The molecule has 3 rings (SSSR count). The highest BCUT2D eigenvalue weighted by Crippen LogP contribution is 2.33. The normalized spacial score (nSPS) is 10.8. The van der Waals surface area contributed by atoms with E-state index in [1.807, 2.05) is 6.92 Å². The third kappa shape index (κ3) is 2.73. The Morgan fingerprint density at radius 3 is 2.54 bits per heavy atom. The molecule has 124 valence electrons. The van der Waals surface area contributed by atoms with Gasteiger partial charge in [0.1, 0.15) is 17.3 Å². The standard InChI is InChI=1S/C19H18FNO3/c1-11-14(8-12-6-4-5-7-15(12)20)19(22)21-16-9-13(23-2)10-17(24-3)18(11)16/h4-7,9-10H,8H2,1-3H3,(H,21,22). The fourth-order valence-electron chi connectivity index (χ4n) is 2.92. The number of hydrogen-bond donors (Lipinski definition) is 1. The highest BCUT2D eigenvalue weighted by atomic mass is 19.1. The van der Waals surface area contributed by atoms with Crippen molar-refractivity contribution in [2.24, 2.45) is 0 Å². The first-order chi connectivity index (χ1) is 11.5. The van der Waals surface area contributed by atoms with Crippen molar-refractivity contribution in [1.29, 1.82) is 0 Å². The number of fused-ring (bicyclic) bond motifs is 1. The van der Waals surface area contributed by atoms with Crippen LogP contribution in [0, 0.1) is 12.7 Å². The number of ether oxygens (including phenoxy) is 2. The van der Waals surface area contributed by atoms with E-state index in [2.05, 4.69) is 4.98 Å². The van der Waals surface area contributed by atoms with Crippen LogP contribution in [-0.4, -0.2) is 19.2 Å². The first-order valence-electron chi connectivity index (χ1n) is 7.56. The lowest BCUT2D eigenvalue weighted by molar-refractivity contribution is 0.397. The largest absolute Gasteiger partial charge is 0.497 e. The van der Waals surface area contributed by atoms with Gasteiger partial charge in [-0.15, -0.1) is 0 Å². The third-order valence-electron chi connectivity index (χ3n) is 4.21. The van der Waals surface area contributed by atoms with Crippen LogP contribution in [-0.2, 0) is 6.42 Å². The molecule has 0 unspecified atom stereocenters. The molecule has 0 spiro atoms. The van der Waals surface area contributed by atoms with Gasteiger partial charge in [-0.1, -0.05) is 18.2 Å². The van der Waals surface area contributed by atoms with E-state index in [1.165, 1.54) is 6.07 Å². The molecule has 0 aliphatic rings. The molecule has 5 heteroatoms. The number of methoxy groups -OCH3 is 2. The molecule has 0 aliphatic carbocycles. The monoisotopic (exact) mass is 327 g/mol. The average molecular weight is 327 g/mol. The average Bonchev–Trinajstić information content (AvgIpc) is 2.58. The summed E-state index contributed by atoms with van der Waals surface area (Å²) in [6.07, 6.45) is 0.221. The minimum absolute atomic E-state index is 0.221. The second-order valence-electron chi connectivity index (χ2n) is 5.58. The number of nitrogens with one attached hydrogen (secondary N) is 1. The van der Waals surface area contributed by atoms with Gasteiger partial charge in [0.25, 0.3) is 5.56 Å². The van der Waals surface area contributed by atoms with E-state index in [-0.39, 0.29) is 17.8 Å². The van der Waals surface area contributed by atoms with Crippen molar-refractivity contribution in [2.45, 2.75) is 13.3 Å². The van der Waals surface area contributed by atoms with Crippen molar-refractivity contribution >= 4 is 10.9 Å². The predicted molar refractivity (Wildman–Crippen MR) is 91.6 cm³/mol. The van der Waals surface area contributed by atoms with Crippen molar-refractivity contribution in [3.8, 4) is 11.5 Å². The van der Waals surface area contributed by atoms with Gasteiger partial charge in [-0.05, 0) is 24.1 Å². The number of halogens is 1. The Bertz CT molecular complexity index is 963. The van der Waals surface area contributed by atoms with Crippen LogP contribution >= 0.6 is 0 Å². The van der Waals surface area contributed by atoms with Crippen molar-refractivity contribution in [2.75, 3.05) is 14.2 Å². The van der Waals surface area contributed by atoms with E-state index in [9.17, 15) is 9.18 Å². The zero-order chi connectivity index (χ0) is 17.3. The van der Waals surface area contributed by atoms with Crippen LogP contribution in [0.5, 0.6) is 11.5 Å². The molecule has 0 saturated heterocycles. The van der Waals surface area contributed by atoms with E-state index in [1.54, 1.807) is 44.6 Å². The van der Waals surface area contributed by atoms with Crippen molar-refractivity contribution in [3.05, 3.63) is 69.3 Å². The molecule has 0 atom stereocenters. The quantitative estimate of drug-likeness (QED) is 0.797. The first-order valence-corrected chi connectivity index (χ1v) is 7.56. The van der Waals surface area contributed by atoms with Crippen LogP contribution in [0.15, 0.2) is 41.2 Å². The molecule has 0 saturated carbocycles. The summed E-state index contributed by atoms with van der Waals surface area (Å²) in [5.74, 6) is 0.877. The first kappa shape index (κ1) is 16.1. The SMILES string of the molecule is COc1cc(OC)c2c(C)c(Cc3ccccc3F)c(=O)[nH]c2c1. The molecule has 0 bridgehead atoms. The van der Waals surface area contributed by atoms with Crippen LogP contribution in [0.2, 0.25) is 0 Å². The molecule has 4 nitrogen and oxygen atoms in total. The lowest BCUT2D eigenvalue weighted by Crippen LogP contribution is -2.16. The minimum Gasteiger partial charge on any atom is -0.497 e. The Labute approximate surface area is 138 Å². The van der Waals surface area contributed by atoms with E-state index >= 15 is 0 Å². The van der Waals surface area contributed by atoms with Crippen molar-refractivity contribution in [3.63, 3.8) is 0 Å². The second-order valence-corrected chi connectivity index (χ2v) is 5.58. The molecular formula is C19H18FNO3. The smallest absolute Gasteiger partial charge is 0.252 e. The molecule has 0 fully saturated rings. The number of benzene rings is 2. The molecule has 24 heavy (non-hydrogen) atoms. The topological polar surface area (TPSA) is 51.3 Å². The van der Waals surface area contributed by atoms with Gasteiger partial charge in [-0.2, -0.15) is 0 Å². The number of aryl methyl sites for hydroxylation is 1. The summed E-state index contributed by atoms with van der Waals surface area (Å²) in [6, 6.07) is 9.98. The van der Waals surface area contributed by atoms with Gasteiger partial charge < -0.3 is 14.5 Å². The van der Waals surface area contributed by atoms with Gasteiger partial charge in [-0.25, -0.2) is 4.39 Å². The molecule has 3 aromatic rings. The lowest BCUT2D eigenvalue weighted by atomic mass is 9.98. The Balaban J connectivity index is 2.23. The van der Waals surface area contributed by atoms with Gasteiger partial charge >= 0.3 is 0 Å². The highest BCUT2D eigenvalue weighted by Gasteiger charge is 2.16. The Morgan fingerprint density at radius 1 is 1.12 bits per heavy atom. The zero-order valence-corrected chi connectivity index (χ0v) is 13.8. The summed E-state index contributed by atoms with van der Waals surface area (Å²) < 4.78 is 24.6. The van der Waals surface area contributed by atoms with E-state index < -0.39 is 0 Å². The zero-order valence-electron chi connectivity index (χ0n) is 13.8. The Morgan fingerprint density at radius 2 is 1.88 bits per heavy atom. The van der Waals surface area contributed by atoms with Gasteiger partial charge in [0.2, 0.25) is 0 Å². The Kier molecular flexibility index (Phi) is 4.25. The van der Waals surface area contributed by atoms with Gasteiger partial charge in [0.05, 0.1) is 19.7 Å². The predicted octanol–water partition coefficient (Wildman–Crippen LogP) is 3.58. The number of pyridine rings is 1. The van der Waals surface area contributed by atoms with Crippen LogP contribution in [0.25, 0.3) is 10.9 Å². The second kappa shape index (κ2) is 6.35. The molecule has 0 radical (unpaired) electrons. The molecule has 0 amide bonds. The van der Waals surface area contributed by atoms with Crippen LogP contribution in [0.1, 0.15) is 16.7 Å². The van der Waals surface area contributed by atoms with Crippen LogP contribution < -0.4 is 15.0 Å². The highest BCUT2D eigenvalue weighted by molar-refractivity contribution is 5.90. The summed E-state index contributed by atoms with van der Waals surface area (Å²) >= 11 is 0. The molecule has 2 aromatic carbocycles. The third-order valence-corrected chi connectivity index (χ3v) is 4.21. The summed E-state index contributed by atoms with van der Waals surface area (Å²) in [6.45, 7) is 1.85. The summed E-state index contributed by atoms with van der Waals surface area (Å²) in [5, 5.41) is 0.796. The van der Waals surface area contributed by atoms with Crippen molar-refractivity contribution in [1.82, 2.24) is 4.98 Å². The molecule has 0 aliphatic heterocycles. The maximum absolute atomic E-state index is 13.9.